The van der Waals surface area contributed by atoms with Crippen LogP contribution in [0.1, 0.15) is 27.2 Å². The van der Waals surface area contributed by atoms with Gasteiger partial charge in [0.05, 0.1) is 6.07 Å². The van der Waals surface area contributed by atoms with E-state index in [4.69, 9.17) is 10.4 Å². The average molecular weight is 216 g/mol. The predicted octanol–water partition coefficient (Wildman–Crippen LogP) is 1.38. The Bertz CT molecular complexity index is 191. The number of aliphatic hydroxyl groups is 1. The highest BCUT2D eigenvalue weighted by Crippen LogP contribution is 2.14. The summed E-state index contributed by atoms with van der Waals surface area (Å²) in [5, 5.41) is 20.9. The minimum absolute atomic E-state index is 0.230. The second-order valence-electron chi connectivity index (χ2n) is 3.87. The summed E-state index contributed by atoms with van der Waals surface area (Å²) in [6.45, 7) is 6.22. The fourth-order valence-electron chi connectivity index (χ4n) is 1.19. The standard InChI is InChI=1S/C10H20N2OS/c1-9(2)12-10(3,7-11)8-14-6-4-5-13/h9,12-13H,4-6,8H2,1-3H3. The first kappa shape index (κ1) is 13.8. The van der Waals surface area contributed by atoms with E-state index in [1.807, 2.05) is 20.8 Å². The van der Waals surface area contributed by atoms with Crippen LogP contribution in [0.2, 0.25) is 0 Å². The molecule has 0 aliphatic heterocycles. The maximum atomic E-state index is 9.02. The zero-order valence-electron chi connectivity index (χ0n) is 9.21. The van der Waals surface area contributed by atoms with Gasteiger partial charge in [0.2, 0.25) is 0 Å². The lowest BCUT2D eigenvalue weighted by molar-refractivity contribution is 0.296. The van der Waals surface area contributed by atoms with Crippen LogP contribution < -0.4 is 5.32 Å². The van der Waals surface area contributed by atoms with E-state index in [-0.39, 0.29) is 6.61 Å². The molecular formula is C10H20N2OS. The molecule has 0 bridgehead atoms. The highest BCUT2D eigenvalue weighted by Gasteiger charge is 2.23. The minimum atomic E-state index is -0.450. The van der Waals surface area contributed by atoms with Gasteiger partial charge < -0.3 is 5.11 Å². The number of hydrogen-bond acceptors (Lipinski definition) is 4. The molecular weight excluding hydrogens is 196 g/mol. The first-order valence-electron chi connectivity index (χ1n) is 4.91. The molecule has 0 saturated heterocycles. The van der Waals surface area contributed by atoms with Gasteiger partial charge in [-0.2, -0.15) is 17.0 Å². The van der Waals surface area contributed by atoms with E-state index in [2.05, 4.69) is 11.4 Å². The van der Waals surface area contributed by atoms with Crippen molar-refractivity contribution in [1.82, 2.24) is 5.32 Å². The van der Waals surface area contributed by atoms with Crippen molar-refractivity contribution in [3.8, 4) is 6.07 Å². The van der Waals surface area contributed by atoms with E-state index >= 15 is 0 Å². The van der Waals surface area contributed by atoms with Crippen molar-refractivity contribution >= 4 is 11.8 Å². The summed E-state index contributed by atoms with van der Waals surface area (Å²) in [7, 11) is 0. The molecule has 0 heterocycles. The fourth-order valence-corrected chi connectivity index (χ4v) is 2.22. The molecule has 0 aliphatic carbocycles. The van der Waals surface area contributed by atoms with Gasteiger partial charge in [0.15, 0.2) is 0 Å². The summed E-state index contributed by atoms with van der Waals surface area (Å²) < 4.78 is 0. The second kappa shape index (κ2) is 7.10. The quantitative estimate of drug-likeness (QED) is 0.631. The van der Waals surface area contributed by atoms with Crippen LogP contribution in [0.15, 0.2) is 0 Å². The molecule has 4 heteroatoms. The molecule has 3 nitrogen and oxygen atoms in total. The molecule has 0 radical (unpaired) electrons. The van der Waals surface area contributed by atoms with Crippen molar-refractivity contribution in [3.63, 3.8) is 0 Å². The molecule has 0 aromatic rings. The fraction of sp³-hybridized carbons (Fsp3) is 0.900. The Balaban J connectivity index is 3.83. The van der Waals surface area contributed by atoms with Gasteiger partial charge in [-0.15, -0.1) is 0 Å². The Morgan fingerprint density at radius 1 is 1.57 bits per heavy atom. The van der Waals surface area contributed by atoms with E-state index in [9.17, 15) is 0 Å². The highest BCUT2D eigenvalue weighted by molar-refractivity contribution is 7.99. The summed E-state index contributed by atoms with van der Waals surface area (Å²) in [5.74, 6) is 1.68. The van der Waals surface area contributed by atoms with Crippen molar-refractivity contribution < 1.29 is 5.11 Å². The van der Waals surface area contributed by atoms with Gasteiger partial charge in [-0.1, -0.05) is 0 Å². The smallest absolute Gasteiger partial charge is 0.113 e. The van der Waals surface area contributed by atoms with E-state index in [0.29, 0.717) is 6.04 Å². The van der Waals surface area contributed by atoms with Crippen molar-refractivity contribution in [2.45, 2.75) is 38.8 Å². The third-order valence-corrected chi connectivity index (χ3v) is 3.05. The Hall–Kier alpha value is -0.240. The monoisotopic (exact) mass is 216 g/mol. The van der Waals surface area contributed by atoms with Crippen molar-refractivity contribution in [2.75, 3.05) is 18.1 Å². The topological polar surface area (TPSA) is 56.0 Å². The Morgan fingerprint density at radius 2 is 2.21 bits per heavy atom. The summed E-state index contributed by atoms with van der Waals surface area (Å²) in [4.78, 5) is 0. The number of aliphatic hydroxyl groups excluding tert-OH is 1. The lowest BCUT2D eigenvalue weighted by atomic mass is 10.1. The molecule has 14 heavy (non-hydrogen) atoms. The molecule has 0 amide bonds. The van der Waals surface area contributed by atoms with Gasteiger partial charge >= 0.3 is 0 Å². The third-order valence-electron chi connectivity index (χ3n) is 1.69. The molecule has 0 spiro atoms. The van der Waals surface area contributed by atoms with E-state index in [1.165, 1.54) is 0 Å². The molecule has 0 aromatic carbocycles. The van der Waals surface area contributed by atoms with Gasteiger partial charge in [0.25, 0.3) is 0 Å². The second-order valence-corrected chi connectivity index (χ2v) is 4.98. The number of nitrogens with zero attached hydrogens (tertiary/aromatic N) is 1. The van der Waals surface area contributed by atoms with Crippen molar-refractivity contribution in [3.05, 3.63) is 0 Å². The van der Waals surface area contributed by atoms with Crippen molar-refractivity contribution in [1.29, 1.82) is 5.26 Å². The summed E-state index contributed by atoms with van der Waals surface area (Å²) in [6, 6.07) is 2.61. The maximum absolute atomic E-state index is 9.02. The molecule has 0 aliphatic rings. The van der Waals surface area contributed by atoms with E-state index < -0.39 is 5.54 Å². The largest absolute Gasteiger partial charge is 0.396 e. The Morgan fingerprint density at radius 3 is 2.64 bits per heavy atom. The molecule has 0 aromatic heterocycles. The van der Waals surface area contributed by atoms with E-state index in [1.54, 1.807) is 11.8 Å². The number of thioether (sulfide) groups is 1. The first-order valence-corrected chi connectivity index (χ1v) is 6.07. The minimum Gasteiger partial charge on any atom is -0.396 e. The predicted molar refractivity (Wildman–Crippen MR) is 61.3 cm³/mol. The Labute approximate surface area is 90.9 Å². The molecule has 1 atom stereocenters. The number of nitrogens with one attached hydrogen (secondary N) is 1. The summed E-state index contributed by atoms with van der Waals surface area (Å²) in [5.41, 5.74) is -0.450. The van der Waals surface area contributed by atoms with Crippen LogP contribution in [-0.4, -0.2) is 34.8 Å². The van der Waals surface area contributed by atoms with Crippen LogP contribution in [0, 0.1) is 11.3 Å². The number of nitriles is 1. The van der Waals surface area contributed by atoms with Crippen LogP contribution in [-0.2, 0) is 0 Å². The van der Waals surface area contributed by atoms with Gasteiger partial charge in [0, 0.05) is 18.4 Å². The molecule has 0 saturated carbocycles. The SMILES string of the molecule is CC(C)NC(C)(C#N)CSCCCO. The van der Waals surface area contributed by atoms with Crippen LogP contribution in [0.5, 0.6) is 0 Å². The highest BCUT2D eigenvalue weighted by atomic mass is 32.2. The number of rotatable bonds is 7. The zero-order valence-corrected chi connectivity index (χ0v) is 10.0. The van der Waals surface area contributed by atoms with Gasteiger partial charge in [-0.3, -0.25) is 5.32 Å². The average Bonchev–Trinajstić information content (AvgIpc) is 2.11. The first-order chi connectivity index (χ1) is 6.54. The molecule has 1 unspecified atom stereocenters. The van der Waals surface area contributed by atoms with E-state index in [0.717, 1.165) is 17.9 Å². The van der Waals surface area contributed by atoms with Crippen molar-refractivity contribution in [2.24, 2.45) is 0 Å². The van der Waals surface area contributed by atoms with Crippen LogP contribution in [0.3, 0.4) is 0 Å². The van der Waals surface area contributed by atoms with Gasteiger partial charge in [-0.05, 0) is 32.9 Å². The van der Waals surface area contributed by atoms with Gasteiger partial charge in [-0.25, -0.2) is 0 Å². The van der Waals surface area contributed by atoms with Crippen LogP contribution in [0.25, 0.3) is 0 Å². The molecule has 0 fully saturated rings. The molecule has 82 valence electrons. The summed E-state index contributed by atoms with van der Waals surface area (Å²) >= 11 is 1.71. The van der Waals surface area contributed by atoms with Gasteiger partial charge in [0.1, 0.15) is 5.54 Å². The van der Waals surface area contributed by atoms with Crippen LogP contribution in [0.4, 0.5) is 0 Å². The molecule has 0 rings (SSSR count). The lowest BCUT2D eigenvalue weighted by Gasteiger charge is -2.25. The maximum Gasteiger partial charge on any atom is 0.113 e. The lowest BCUT2D eigenvalue weighted by Crippen LogP contribution is -2.47. The summed E-state index contributed by atoms with van der Waals surface area (Å²) in [6.07, 6.45) is 0.799. The number of hydrogen-bond donors (Lipinski definition) is 2. The zero-order chi connectivity index (χ0) is 11.0. The third kappa shape index (κ3) is 6.25. The Kier molecular flexibility index (Phi) is 6.98. The normalized spacial score (nSPS) is 15.1. The molecule has 2 N–H and O–H groups in total. The van der Waals surface area contributed by atoms with Crippen LogP contribution >= 0.6 is 11.8 Å².